The average molecular weight is 1410 g/mol. The summed E-state index contributed by atoms with van der Waals surface area (Å²) in [5, 5.41) is 90.7. The van der Waals surface area contributed by atoms with Gasteiger partial charge in [-0.05, 0) is 12.8 Å². The highest BCUT2D eigenvalue weighted by molar-refractivity contribution is 7.47. The van der Waals surface area contributed by atoms with Crippen LogP contribution >= 0.6 is 7.82 Å². The van der Waals surface area contributed by atoms with Crippen molar-refractivity contribution in [3.63, 3.8) is 0 Å². The van der Waals surface area contributed by atoms with Crippen LogP contribution in [0.25, 0.3) is 0 Å². The quantitative estimate of drug-likeness (QED) is 0.0149. The minimum atomic E-state index is -4.74. The first-order chi connectivity index (χ1) is 46.3. The summed E-state index contributed by atoms with van der Waals surface area (Å²) in [7, 11) is -4.74. The number of hydrogen-bond acceptors (Lipinski definition) is 26. The molecule has 0 bridgehead atoms. The molecule has 0 aromatic heterocycles. The maximum absolute atomic E-state index is 12.9. The Hall–Kier alpha value is -2.65. The van der Waals surface area contributed by atoms with Crippen molar-refractivity contribution in [2.75, 3.05) is 132 Å². The molecule has 10 atom stereocenters. The highest BCUT2D eigenvalue weighted by Gasteiger charge is 2.27. The number of phosphoric ester groups is 1. The van der Waals surface area contributed by atoms with Crippen LogP contribution in [-0.2, 0) is 80.2 Å². The number of carbonyl (C=O) groups excluding carboxylic acids is 4. The summed E-state index contributed by atoms with van der Waals surface area (Å²) < 4.78 is 75.4. The van der Waals surface area contributed by atoms with E-state index in [0.717, 1.165) is 44.9 Å². The molecule has 0 aliphatic rings. The monoisotopic (exact) mass is 1410 g/mol. The molecule has 0 aromatic rings. The number of phosphoric acid groups is 1. The number of amides is 1. The van der Waals surface area contributed by atoms with Gasteiger partial charge in [0.05, 0.1) is 119 Å². The maximum atomic E-state index is 12.9. The van der Waals surface area contributed by atoms with E-state index in [1.54, 1.807) is 0 Å². The summed E-state index contributed by atoms with van der Waals surface area (Å²) >= 11 is 0. The fourth-order valence-corrected chi connectivity index (χ4v) is 10.2. The van der Waals surface area contributed by atoms with Crippen molar-refractivity contribution in [3.05, 3.63) is 0 Å². The zero-order valence-corrected chi connectivity index (χ0v) is 59.2. The fraction of sp³-hybridized carbons (Fsp3) is 0.940. The molecule has 1 amide bonds. The third-order valence-corrected chi connectivity index (χ3v) is 15.8. The molecule has 0 saturated heterocycles. The molecule has 0 saturated carbocycles. The Morgan fingerprint density at radius 3 is 0.948 bits per heavy atom. The predicted molar refractivity (Wildman–Crippen MR) is 357 cm³/mol. The SMILES string of the molecule is CCCCCCCCCCCCCCCCC(=O)OCC(COP(=O)(O)OCCNC(=O)CCC(=O)OCC(O)COCC(O)COCC(O)COCC(O)COCC(O)COCC(O)COCC(O)COCC(O)CO)OC(=O)CCCCCCCCCCCCCCCC. The topological polar surface area (TPSA) is 410 Å². The van der Waals surface area contributed by atoms with E-state index >= 15 is 0 Å². The van der Waals surface area contributed by atoms with Gasteiger partial charge in [-0.1, -0.05) is 181 Å². The molecular formula is C67H130NO27P. The Bertz CT molecular complexity index is 1830. The highest BCUT2D eigenvalue weighted by atomic mass is 31.2. The van der Waals surface area contributed by atoms with Gasteiger partial charge in [-0.3, -0.25) is 28.2 Å². The molecule has 10 unspecified atom stereocenters. The molecular weight excluding hydrogens is 1280 g/mol. The van der Waals surface area contributed by atoms with Gasteiger partial charge in [-0.2, -0.15) is 0 Å². The van der Waals surface area contributed by atoms with Crippen LogP contribution in [0, 0.1) is 0 Å². The number of esters is 3. The molecule has 0 spiro atoms. The minimum absolute atomic E-state index is 0.127. The first-order valence-electron chi connectivity index (χ1n) is 35.8. The number of hydrogen-bond donors (Lipinski definition) is 11. The summed E-state index contributed by atoms with van der Waals surface area (Å²) in [6.07, 6.45) is 22.5. The lowest BCUT2D eigenvalue weighted by Crippen LogP contribution is -2.31. The summed E-state index contributed by atoms with van der Waals surface area (Å²) in [6, 6.07) is 0. The molecule has 570 valence electrons. The molecule has 28 nitrogen and oxygen atoms in total. The van der Waals surface area contributed by atoms with Gasteiger partial charge in [0.25, 0.3) is 0 Å². The van der Waals surface area contributed by atoms with E-state index in [2.05, 4.69) is 19.2 Å². The molecule has 11 N–H and O–H groups in total. The predicted octanol–water partition coefficient (Wildman–Crippen LogP) is 5.75. The van der Waals surface area contributed by atoms with E-state index in [1.807, 2.05) is 0 Å². The number of unbranched alkanes of at least 4 members (excludes halogenated alkanes) is 26. The molecule has 0 fully saturated rings. The van der Waals surface area contributed by atoms with E-state index < -0.39 is 113 Å². The normalized spacial score (nSPS) is 15.2. The van der Waals surface area contributed by atoms with Crippen LogP contribution in [0.1, 0.15) is 219 Å². The van der Waals surface area contributed by atoms with E-state index in [4.69, 9.17) is 61.5 Å². The Morgan fingerprint density at radius 1 is 0.333 bits per heavy atom. The van der Waals surface area contributed by atoms with Crippen molar-refractivity contribution in [1.82, 2.24) is 5.32 Å². The van der Waals surface area contributed by atoms with Crippen LogP contribution in [0.3, 0.4) is 0 Å². The van der Waals surface area contributed by atoms with Gasteiger partial charge < -0.3 is 104 Å². The lowest BCUT2D eigenvalue weighted by atomic mass is 10.0. The number of aliphatic hydroxyl groups is 9. The second kappa shape index (κ2) is 66.9. The zero-order chi connectivity index (χ0) is 71.0. The Labute approximate surface area is 572 Å². The van der Waals surface area contributed by atoms with Crippen LogP contribution < -0.4 is 5.32 Å². The van der Waals surface area contributed by atoms with Crippen LogP contribution in [0.2, 0.25) is 0 Å². The van der Waals surface area contributed by atoms with Crippen LogP contribution in [0.15, 0.2) is 0 Å². The molecule has 96 heavy (non-hydrogen) atoms. The van der Waals surface area contributed by atoms with Gasteiger partial charge in [0.15, 0.2) is 6.10 Å². The zero-order valence-electron chi connectivity index (χ0n) is 58.3. The van der Waals surface area contributed by atoms with Crippen LogP contribution in [-0.4, -0.2) is 262 Å². The number of aliphatic hydroxyl groups excluding tert-OH is 9. The van der Waals surface area contributed by atoms with Gasteiger partial charge in [0, 0.05) is 25.8 Å². The third kappa shape index (κ3) is 65.9. The first-order valence-corrected chi connectivity index (χ1v) is 37.3. The summed E-state index contributed by atoms with van der Waals surface area (Å²) in [4.78, 5) is 60.7. The van der Waals surface area contributed by atoms with Crippen molar-refractivity contribution in [2.45, 2.75) is 274 Å². The second-order valence-corrected chi connectivity index (χ2v) is 26.2. The van der Waals surface area contributed by atoms with E-state index in [0.29, 0.717) is 12.8 Å². The first kappa shape index (κ1) is 93.3. The van der Waals surface area contributed by atoms with Gasteiger partial charge in [0.2, 0.25) is 5.91 Å². The number of rotatable bonds is 74. The van der Waals surface area contributed by atoms with E-state index in [1.165, 1.54) is 122 Å². The van der Waals surface area contributed by atoms with Gasteiger partial charge in [-0.15, -0.1) is 0 Å². The Morgan fingerprint density at radius 2 is 0.615 bits per heavy atom. The lowest BCUT2D eigenvalue weighted by Gasteiger charge is -2.20. The van der Waals surface area contributed by atoms with Crippen LogP contribution in [0.4, 0.5) is 0 Å². The number of ether oxygens (including phenoxy) is 10. The Balaban J connectivity index is 4.42. The number of carbonyl (C=O) groups is 4. The molecule has 29 heteroatoms. The van der Waals surface area contributed by atoms with Crippen molar-refractivity contribution in [2.24, 2.45) is 0 Å². The molecule has 0 aliphatic heterocycles. The molecule has 0 radical (unpaired) electrons. The second-order valence-electron chi connectivity index (χ2n) is 24.8. The van der Waals surface area contributed by atoms with Crippen molar-refractivity contribution in [1.29, 1.82) is 0 Å². The average Bonchev–Trinajstić information content (AvgIpc) is 1.50. The molecule has 0 aromatic carbocycles. The molecule has 0 aliphatic carbocycles. The maximum Gasteiger partial charge on any atom is 0.472 e. The standard InChI is InChI=1S/C67H130NO27P/c1-3-5-7-9-11-13-15-17-19-21-23-25-27-29-31-65(79)92-53-63(95-67(81)32-30-28-26-24-22-20-18-16-14-12-10-8-6-4-2)54-94-96(82,83)93-36-35-68-64(78)33-34-66(80)91-52-62(77)51-90-50-61(76)49-89-48-60(75)47-88-46-59(74)45-87-44-58(73)43-86-42-57(72)41-85-40-56(71)39-84-38-55(70)37-69/h55-63,69-77H,3-54H2,1-2H3,(H,68,78)(H,82,83). The highest BCUT2D eigenvalue weighted by Crippen LogP contribution is 2.43. The van der Waals surface area contributed by atoms with Crippen molar-refractivity contribution >= 4 is 31.6 Å². The number of nitrogens with one attached hydrogen (secondary N) is 1. The minimum Gasteiger partial charge on any atom is -0.463 e. The summed E-state index contributed by atoms with van der Waals surface area (Å²) in [5.74, 6) is -2.44. The largest absolute Gasteiger partial charge is 0.472 e. The van der Waals surface area contributed by atoms with Crippen molar-refractivity contribution in [3.8, 4) is 0 Å². The van der Waals surface area contributed by atoms with Gasteiger partial charge in [0.1, 0.15) is 62.0 Å². The van der Waals surface area contributed by atoms with E-state index in [-0.39, 0.29) is 131 Å². The summed E-state index contributed by atoms with van der Waals surface area (Å²) in [6.45, 7) is -1.10. The van der Waals surface area contributed by atoms with E-state index in [9.17, 15) is 69.5 Å². The van der Waals surface area contributed by atoms with Gasteiger partial charge >= 0.3 is 25.7 Å². The molecule has 0 rings (SSSR count). The fourth-order valence-electron chi connectivity index (χ4n) is 9.45. The smallest absolute Gasteiger partial charge is 0.463 e. The van der Waals surface area contributed by atoms with Crippen molar-refractivity contribution < 1.29 is 131 Å². The van der Waals surface area contributed by atoms with Crippen LogP contribution in [0.5, 0.6) is 0 Å². The third-order valence-electron chi connectivity index (χ3n) is 14.8. The van der Waals surface area contributed by atoms with Gasteiger partial charge in [-0.25, -0.2) is 4.57 Å². The Kier molecular flexibility index (Phi) is 65.0. The lowest BCUT2D eigenvalue weighted by molar-refractivity contribution is -0.161. The molecule has 0 heterocycles. The summed E-state index contributed by atoms with van der Waals surface area (Å²) in [5.41, 5.74) is 0.